The van der Waals surface area contributed by atoms with Crippen LogP contribution in [0.5, 0.6) is 0 Å². The lowest BCUT2D eigenvalue weighted by atomic mass is 10.2. The highest BCUT2D eigenvalue weighted by Gasteiger charge is 2.27. The number of hydrogen-bond acceptors (Lipinski definition) is 6. The first-order valence-electron chi connectivity index (χ1n) is 11.0. The van der Waals surface area contributed by atoms with Crippen molar-refractivity contribution in [2.45, 2.75) is 6.54 Å². The molecule has 2 heterocycles. The predicted molar refractivity (Wildman–Crippen MR) is 142 cm³/mol. The van der Waals surface area contributed by atoms with Crippen molar-refractivity contribution in [3.8, 4) is 0 Å². The van der Waals surface area contributed by atoms with E-state index in [0.717, 1.165) is 20.4 Å². The summed E-state index contributed by atoms with van der Waals surface area (Å²) in [7, 11) is -3.96. The van der Waals surface area contributed by atoms with E-state index in [1.165, 1.54) is 11.3 Å². The Morgan fingerprint density at radius 3 is 2.46 bits per heavy atom. The predicted octanol–water partition coefficient (Wildman–Crippen LogP) is 2.84. The molecule has 2 aromatic carbocycles. The molecule has 1 saturated heterocycles. The number of rotatable bonds is 7. The summed E-state index contributed by atoms with van der Waals surface area (Å²) in [5.41, 5.74) is 1.94. The summed E-state index contributed by atoms with van der Waals surface area (Å²) >= 11 is 4.72. The highest BCUT2D eigenvalue weighted by atomic mass is 79.9. The first-order valence-corrected chi connectivity index (χ1v) is 14.4. The van der Waals surface area contributed by atoms with Crippen LogP contribution in [0.3, 0.4) is 0 Å². The molecule has 0 unspecified atom stereocenters. The summed E-state index contributed by atoms with van der Waals surface area (Å²) in [4.78, 5) is 33.4. The maximum absolute atomic E-state index is 12.7. The van der Waals surface area contributed by atoms with Crippen molar-refractivity contribution >= 4 is 64.8 Å². The van der Waals surface area contributed by atoms with E-state index in [1.807, 2.05) is 48.5 Å². The van der Waals surface area contributed by atoms with Crippen LogP contribution < -0.4 is 9.70 Å². The molecule has 3 aromatic rings. The molecular formula is C24H25BrN4O4S2. The minimum atomic E-state index is -3.96. The Hall–Kier alpha value is -2.76. The number of fused-ring (bicyclic) bond motifs is 1. The molecule has 0 saturated carbocycles. The number of piperazine rings is 1. The van der Waals surface area contributed by atoms with Gasteiger partial charge in [-0.3, -0.25) is 9.59 Å². The number of carbonyl (C=O) groups is 2. The third-order valence-corrected chi connectivity index (χ3v) is 8.53. The van der Waals surface area contributed by atoms with Crippen LogP contribution in [-0.4, -0.2) is 67.4 Å². The third kappa shape index (κ3) is 6.28. The van der Waals surface area contributed by atoms with Crippen LogP contribution in [0.1, 0.15) is 0 Å². The van der Waals surface area contributed by atoms with Crippen LogP contribution in [-0.2, 0) is 26.0 Å². The molecule has 4 rings (SSSR count). The normalized spacial score (nSPS) is 14.9. The molecule has 2 amide bonds. The van der Waals surface area contributed by atoms with Crippen molar-refractivity contribution in [1.82, 2.24) is 9.47 Å². The van der Waals surface area contributed by atoms with Gasteiger partial charge in [-0.25, -0.2) is 8.42 Å². The Morgan fingerprint density at radius 2 is 1.77 bits per heavy atom. The van der Waals surface area contributed by atoms with Crippen LogP contribution >= 0.6 is 27.3 Å². The van der Waals surface area contributed by atoms with Crippen molar-refractivity contribution in [3.05, 3.63) is 70.5 Å². The highest BCUT2D eigenvalue weighted by molar-refractivity contribution is 9.10. The summed E-state index contributed by atoms with van der Waals surface area (Å²) in [6, 6.07) is 15.6. The van der Waals surface area contributed by atoms with Gasteiger partial charge in [-0.2, -0.15) is 4.99 Å². The van der Waals surface area contributed by atoms with Gasteiger partial charge in [0, 0.05) is 42.9 Å². The minimum absolute atomic E-state index is 0.390. The number of carbonyl (C=O) groups excluding carboxylic acids is 2. The lowest BCUT2D eigenvalue weighted by molar-refractivity contribution is -0.128. The Kier molecular flexibility index (Phi) is 7.88. The first kappa shape index (κ1) is 25.3. The number of sulfone groups is 1. The number of aromatic nitrogens is 1. The second-order valence-corrected chi connectivity index (χ2v) is 12.1. The van der Waals surface area contributed by atoms with Crippen molar-refractivity contribution in [1.29, 1.82) is 0 Å². The number of halogens is 1. The zero-order chi connectivity index (χ0) is 25.0. The zero-order valence-corrected chi connectivity index (χ0v) is 22.2. The molecule has 8 nitrogen and oxygen atoms in total. The van der Waals surface area contributed by atoms with Crippen LogP contribution in [0.2, 0.25) is 0 Å². The maximum atomic E-state index is 12.7. The number of benzene rings is 2. The van der Waals surface area contributed by atoms with E-state index in [1.54, 1.807) is 15.5 Å². The molecule has 0 radical (unpaired) electrons. The van der Waals surface area contributed by atoms with Gasteiger partial charge in [0.25, 0.3) is 5.91 Å². The fraction of sp³-hybridized carbons (Fsp3) is 0.292. The molecular weight excluding hydrogens is 552 g/mol. The molecule has 184 valence electrons. The van der Waals surface area contributed by atoms with E-state index in [0.29, 0.717) is 37.5 Å². The number of amides is 2. The largest absolute Gasteiger partial charge is 0.368 e. The van der Waals surface area contributed by atoms with Crippen molar-refractivity contribution in [2.75, 3.05) is 42.6 Å². The van der Waals surface area contributed by atoms with Gasteiger partial charge >= 0.3 is 0 Å². The van der Waals surface area contributed by atoms with Crippen LogP contribution in [0.15, 0.2) is 70.7 Å². The molecule has 11 heteroatoms. The van der Waals surface area contributed by atoms with Crippen molar-refractivity contribution < 1.29 is 18.0 Å². The van der Waals surface area contributed by atoms with E-state index in [4.69, 9.17) is 0 Å². The van der Waals surface area contributed by atoms with Gasteiger partial charge in [-0.05, 0) is 30.3 Å². The number of anilines is 1. The van der Waals surface area contributed by atoms with Gasteiger partial charge in [0.1, 0.15) is 11.5 Å². The van der Waals surface area contributed by atoms with Crippen LogP contribution in [0.25, 0.3) is 10.2 Å². The molecule has 1 aromatic heterocycles. The zero-order valence-electron chi connectivity index (χ0n) is 19.0. The summed E-state index contributed by atoms with van der Waals surface area (Å²) in [5.74, 6) is -2.80. The van der Waals surface area contributed by atoms with Crippen LogP contribution in [0.4, 0.5) is 5.69 Å². The number of allylic oxidation sites excluding steroid dienone is 1. The fourth-order valence-electron chi connectivity index (χ4n) is 3.95. The number of hydrogen-bond donors (Lipinski definition) is 0. The Balaban J connectivity index is 1.41. The van der Waals surface area contributed by atoms with Crippen molar-refractivity contribution in [2.24, 2.45) is 4.99 Å². The van der Waals surface area contributed by atoms with Gasteiger partial charge in [0.15, 0.2) is 14.6 Å². The Bertz CT molecular complexity index is 1420. The summed E-state index contributed by atoms with van der Waals surface area (Å²) < 4.78 is 28.9. The van der Waals surface area contributed by atoms with Gasteiger partial charge in [-0.15, -0.1) is 6.58 Å². The second kappa shape index (κ2) is 10.9. The van der Waals surface area contributed by atoms with E-state index in [-0.39, 0.29) is 0 Å². The summed E-state index contributed by atoms with van der Waals surface area (Å²) in [6.45, 7) is 6.27. The topological polar surface area (TPSA) is 92.0 Å². The van der Waals surface area contributed by atoms with E-state index in [9.17, 15) is 18.0 Å². The lowest BCUT2D eigenvalue weighted by Crippen LogP contribution is -2.50. The molecule has 0 spiro atoms. The number of para-hydroxylation sites is 1. The number of thiazole rings is 1. The van der Waals surface area contributed by atoms with Crippen LogP contribution in [0, 0.1) is 0 Å². The molecule has 0 atom stereocenters. The standard InChI is InChI=1S/C24H25BrN4O4S2/c1-2-10-29-20-9-8-18(25)15-21(20)34-24(29)26-22(30)16-35(32,33)17-23(31)28-13-11-27(12-14-28)19-6-4-3-5-7-19/h2-9,15H,1,10-14,16-17H2. The average Bonchev–Trinajstić information content (AvgIpc) is 3.14. The average molecular weight is 578 g/mol. The maximum Gasteiger partial charge on any atom is 0.263 e. The molecule has 0 N–H and O–H groups in total. The molecule has 1 aliphatic heterocycles. The van der Waals surface area contributed by atoms with Gasteiger partial charge in [0.2, 0.25) is 5.91 Å². The Labute approximate surface area is 216 Å². The minimum Gasteiger partial charge on any atom is -0.368 e. The summed E-state index contributed by atoms with van der Waals surface area (Å²) in [5, 5.41) is 0. The summed E-state index contributed by atoms with van der Waals surface area (Å²) in [6.07, 6.45) is 1.69. The number of nitrogens with zero attached hydrogens (tertiary/aromatic N) is 4. The molecule has 1 fully saturated rings. The van der Waals surface area contributed by atoms with E-state index >= 15 is 0 Å². The second-order valence-electron chi connectivity index (χ2n) is 8.14. The smallest absolute Gasteiger partial charge is 0.263 e. The lowest BCUT2D eigenvalue weighted by Gasteiger charge is -2.36. The van der Waals surface area contributed by atoms with Gasteiger partial charge in [-0.1, -0.05) is 51.5 Å². The molecule has 0 bridgehead atoms. The monoisotopic (exact) mass is 576 g/mol. The first-order chi connectivity index (χ1) is 16.8. The Morgan fingerprint density at radius 1 is 1.06 bits per heavy atom. The molecule has 1 aliphatic rings. The molecule has 0 aliphatic carbocycles. The quantitative estimate of drug-likeness (QED) is 0.403. The van der Waals surface area contributed by atoms with E-state index in [2.05, 4.69) is 32.4 Å². The third-order valence-electron chi connectivity index (χ3n) is 5.62. The van der Waals surface area contributed by atoms with Gasteiger partial charge < -0.3 is 14.4 Å². The fourth-order valence-corrected chi connectivity index (χ4v) is 6.66. The van der Waals surface area contributed by atoms with Crippen molar-refractivity contribution in [3.63, 3.8) is 0 Å². The molecule has 35 heavy (non-hydrogen) atoms. The van der Waals surface area contributed by atoms with E-state index < -0.39 is 33.2 Å². The highest BCUT2D eigenvalue weighted by Crippen LogP contribution is 2.22. The SMILES string of the molecule is C=CCn1c(=NC(=O)CS(=O)(=O)CC(=O)N2CCN(c3ccccc3)CC2)sc2cc(Br)ccc21. The van der Waals surface area contributed by atoms with Gasteiger partial charge in [0.05, 0.1) is 10.2 Å².